The van der Waals surface area contributed by atoms with Crippen LogP contribution < -0.4 is 10.6 Å². The van der Waals surface area contributed by atoms with E-state index in [0.717, 1.165) is 0 Å². The molecule has 1 aliphatic rings. The Morgan fingerprint density at radius 2 is 2.27 bits per heavy atom. The molecule has 0 saturated heterocycles. The quantitative estimate of drug-likeness (QED) is 0.641. The van der Waals surface area contributed by atoms with Crippen molar-refractivity contribution in [2.45, 2.75) is 6.10 Å². The van der Waals surface area contributed by atoms with Gasteiger partial charge in [-0.25, -0.2) is 4.98 Å². The highest BCUT2D eigenvalue weighted by Gasteiger charge is 2.37. The lowest BCUT2D eigenvalue weighted by Crippen LogP contribution is -2.44. The van der Waals surface area contributed by atoms with E-state index in [1.165, 1.54) is 0 Å². The highest BCUT2D eigenvalue weighted by molar-refractivity contribution is 6.08. The van der Waals surface area contributed by atoms with Gasteiger partial charge in [0.05, 0.1) is 5.70 Å². The maximum atomic E-state index is 11.2. The molecule has 3 N–H and O–H groups in total. The van der Waals surface area contributed by atoms with Gasteiger partial charge in [-0.1, -0.05) is 6.07 Å². The zero-order valence-electron chi connectivity index (χ0n) is 8.19. The molecule has 1 atom stereocenters. The molecule has 0 radical (unpaired) electrons. The monoisotopic (exact) mass is 205 g/mol. The predicted octanol–water partition coefficient (Wildman–Crippen LogP) is -0.132. The summed E-state index contributed by atoms with van der Waals surface area (Å²) in [6, 6.07) is 5.37. The molecule has 1 aromatic heterocycles. The van der Waals surface area contributed by atoms with Crippen LogP contribution in [0.25, 0.3) is 0 Å². The average Bonchev–Trinajstić information content (AvgIpc) is 2.29. The summed E-state index contributed by atoms with van der Waals surface area (Å²) in [7, 11) is 1.64. The van der Waals surface area contributed by atoms with Crippen molar-refractivity contribution in [1.29, 1.82) is 0 Å². The molecule has 0 amide bonds. The fourth-order valence-corrected chi connectivity index (χ4v) is 1.42. The van der Waals surface area contributed by atoms with Crippen molar-refractivity contribution >= 4 is 11.6 Å². The maximum absolute atomic E-state index is 11.2. The number of hydrogen-bond donors (Lipinski definition) is 3. The molecule has 0 bridgehead atoms. The van der Waals surface area contributed by atoms with Gasteiger partial charge in [0.25, 0.3) is 0 Å². The molecule has 0 aliphatic heterocycles. The largest absolute Gasteiger partial charge is 0.384 e. The van der Waals surface area contributed by atoms with Gasteiger partial charge in [0.1, 0.15) is 11.5 Å². The number of likely N-dealkylation sites (N-methyl/N-ethyl adjacent to an activating group) is 1. The second kappa shape index (κ2) is 3.70. The Hall–Kier alpha value is -1.88. The molecule has 1 aliphatic carbocycles. The van der Waals surface area contributed by atoms with Crippen molar-refractivity contribution in [3.8, 4) is 0 Å². The molecular weight excluding hydrogens is 194 g/mol. The van der Waals surface area contributed by atoms with Crippen LogP contribution in [-0.2, 0) is 4.79 Å². The Morgan fingerprint density at radius 1 is 1.47 bits per heavy atom. The first-order valence-electron chi connectivity index (χ1n) is 4.56. The highest BCUT2D eigenvalue weighted by atomic mass is 16.3. The van der Waals surface area contributed by atoms with Gasteiger partial charge < -0.3 is 15.7 Å². The van der Waals surface area contributed by atoms with Gasteiger partial charge in [-0.3, -0.25) is 4.79 Å². The minimum absolute atomic E-state index is 0.295. The van der Waals surface area contributed by atoms with Crippen molar-refractivity contribution in [1.82, 2.24) is 10.3 Å². The second-order valence-electron chi connectivity index (χ2n) is 3.15. The van der Waals surface area contributed by atoms with Gasteiger partial charge in [0.2, 0.25) is 5.78 Å². The first-order valence-corrected chi connectivity index (χ1v) is 4.56. The number of ketones is 1. The van der Waals surface area contributed by atoms with E-state index >= 15 is 0 Å². The normalized spacial score (nSPS) is 19.9. The highest BCUT2D eigenvalue weighted by Crippen LogP contribution is 2.23. The summed E-state index contributed by atoms with van der Waals surface area (Å²) in [5.41, 5.74) is 0.884. The Bertz CT molecular complexity index is 414. The Balaban J connectivity index is 2.20. The van der Waals surface area contributed by atoms with Crippen LogP contribution in [0.3, 0.4) is 0 Å². The number of hydrogen-bond acceptors (Lipinski definition) is 5. The summed E-state index contributed by atoms with van der Waals surface area (Å²) in [6.45, 7) is 0. The third kappa shape index (κ3) is 1.57. The fourth-order valence-electron chi connectivity index (χ4n) is 1.42. The first kappa shape index (κ1) is 9.67. The topological polar surface area (TPSA) is 74.2 Å². The molecular formula is C10H11N3O2. The lowest BCUT2D eigenvalue weighted by atomic mass is 9.95. The summed E-state index contributed by atoms with van der Waals surface area (Å²) >= 11 is 0. The first-order chi connectivity index (χ1) is 7.24. The minimum Gasteiger partial charge on any atom is -0.384 e. The second-order valence-corrected chi connectivity index (χ2v) is 3.15. The summed E-state index contributed by atoms with van der Waals surface area (Å²) in [6.07, 6.45) is 0.573. The number of pyridine rings is 1. The summed E-state index contributed by atoms with van der Waals surface area (Å²) in [4.78, 5) is 15.2. The number of aliphatic hydroxyl groups is 1. The van der Waals surface area contributed by atoms with Crippen LogP contribution in [0.1, 0.15) is 0 Å². The van der Waals surface area contributed by atoms with E-state index < -0.39 is 6.10 Å². The van der Waals surface area contributed by atoms with Crippen LogP contribution in [0.5, 0.6) is 0 Å². The van der Waals surface area contributed by atoms with Crippen LogP contribution in [-0.4, -0.2) is 29.0 Å². The number of aromatic nitrogens is 1. The Labute approximate surface area is 86.8 Å². The van der Waals surface area contributed by atoms with Crippen molar-refractivity contribution in [2.75, 3.05) is 12.4 Å². The summed E-state index contributed by atoms with van der Waals surface area (Å²) < 4.78 is 0. The number of nitrogens with one attached hydrogen (secondary N) is 2. The molecule has 15 heavy (non-hydrogen) atoms. The third-order valence-electron chi connectivity index (χ3n) is 2.22. The van der Waals surface area contributed by atoms with Gasteiger partial charge in [-0.05, 0) is 12.1 Å². The van der Waals surface area contributed by atoms with Gasteiger partial charge in [-0.2, -0.15) is 0 Å². The van der Waals surface area contributed by atoms with Gasteiger partial charge in [0.15, 0.2) is 6.10 Å². The number of Topliss-reactive ketones (excluding diaryl/α,β-unsaturated/α-hetero) is 1. The predicted molar refractivity (Wildman–Crippen MR) is 55.0 cm³/mol. The van der Waals surface area contributed by atoms with E-state index in [1.807, 2.05) is 6.07 Å². The lowest BCUT2D eigenvalue weighted by molar-refractivity contribution is -0.124. The zero-order chi connectivity index (χ0) is 10.8. The molecule has 1 aromatic rings. The SMILES string of the molecule is CNC1=C(Nc2ccccn2)C(O)C1=O. The number of carbonyl (C=O) groups is 1. The van der Waals surface area contributed by atoms with Crippen molar-refractivity contribution in [3.05, 3.63) is 35.8 Å². The molecule has 0 fully saturated rings. The molecule has 0 aromatic carbocycles. The third-order valence-corrected chi connectivity index (χ3v) is 2.22. The van der Waals surface area contributed by atoms with Crippen LogP contribution in [0.2, 0.25) is 0 Å². The van der Waals surface area contributed by atoms with E-state index in [9.17, 15) is 9.90 Å². The molecule has 1 heterocycles. The number of nitrogens with zero attached hydrogens (tertiary/aromatic N) is 1. The summed E-state index contributed by atoms with van der Waals surface area (Å²) in [5.74, 6) is 0.308. The molecule has 2 rings (SSSR count). The van der Waals surface area contributed by atoms with Crippen molar-refractivity contribution in [2.24, 2.45) is 0 Å². The molecule has 5 heteroatoms. The number of anilines is 1. The maximum Gasteiger partial charge on any atom is 0.215 e. The van der Waals surface area contributed by atoms with Gasteiger partial charge >= 0.3 is 0 Å². The molecule has 1 unspecified atom stereocenters. The molecule has 0 spiro atoms. The standard InChI is InChI=1S/C10H11N3O2/c1-11-7-8(10(15)9(7)14)13-6-4-2-3-5-12-6/h2-5,10-11,15H,1H3,(H,12,13). The molecule has 5 nitrogen and oxygen atoms in total. The van der Waals surface area contributed by atoms with Crippen LogP contribution >= 0.6 is 0 Å². The Morgan fingerprint density at radius 3 is 2.87 bits per heavy atom. The smallest absolute Gasteiger partial charge is 0.215 e. The van der Waals surface area contributed by atoms with E-state index in [0.29, 0.717) is 17.2 Å². The zero-order valence-corrected chi connectivity index (χ0v) is 8.19. The van der Waals surface area contributed by atoms with Crippen LogP contribution in [0, 0.1) is 0 Å². The number of carbonyl (C=O) groups excluding carboxylic acids is 1. The summed E-state index contributed by atoms with van der Waals surface area (Å²) in [5, 5.41) is 15.0. The van der Waals surface area contributed by atoms with Crippen molar-refractivity contribution < 1.29 is 9.90 Å². The van der Waals surface area contributed by atoms with Gasteiger partial charge in [0, 0.05) is 13.2 Å². The number of rotatable bonds is 3. The fraction of sp³-hybridized carbons (Fsp3) is 0.200. The van der Waals surface area contributed by atoms with E-state index in [2.05, 4.69) is 15.6 Å². The van der Waals surface area contributed by atoms with Crippen molar-refractivity contribution in [3.63, 3.8) is 0 Å². The Kier molecular flexibility index (Phi) is 2.39. The van der Waals surface area contributed by atoms with E-state index in [1.54, 1.807) is 25.4 Å². The number of aliphatic hydroxyl groups excluding tert-OH is 1. The lowest BCUT2D eigenvalue weighted by Gasteiger charge is -2.28. The van der Waals surface area contributed by atoms with Crippen LogP contribution in [0.15, 0.2) is 35.8 Å². The van der Waals surface area contributed by atoms with E-state index in [-0.39, 0.29) is 5.78 Å². The molecule has 78 valence electrons. The van der Waals surface area contributed by atoms with E-state index in [4.69, 9.17) is 0 Å². The minimum atomic E-state index is -1.06. The molecule has 0 saturated carbocycles. The van der Waals surface area contributed by atoms with Crippen LogP contribution in [0.4, 0.5) is 5.82 Å². The average molecular weight is 205 g/mol. The van der Waals surface area contributed by atoms with Gasteiger partial charge in [-0.15, -0.1) is 0 Å².